The van der Waals surface area contributed by atoms with Crippen molar-refractivity contribution in [2.75, 3.05) is 6.61 Å². The summed E-state index contributed by atoms with van der Waals surface area (Å²) in [6.07, 6.45) is -0.609. The highest BCUT2D eigenvalue weighted by Crippen LogP contribution is 2.04. The topological polar surface area (TPSA) is 93.1 Å². The molecule has 2 unspecified atom stereocenters. The molecule has 0 aromatic rings. The fourth-order valence-electron chi connectivity index (χ4n) is 1.21. The smallest absolute Gasteiger partial charge is 0.319 e. The SMILES string of the molecule is CCCC(C)OC(=O)CC(=O)OC(O)CCO. The molecule has 0 saturated carbocycles. The molecule has 2 N–H and O–H groups in total. The fourth-order valence-corrected chi connectivity index (χ4v) is 1.21. The number of ether oxygens (including phenoxy) is 2. The third-order valence-electron chi connectivity index (χ3n) is 1.96. The average molecular weight is 248 g/mol. The molecule has 0 spiro atoms. The molecule has 0 radical (unpaired) electrons. The molecule has 0 heterocycles. The summed E-state index contributed by atoms with van der Waals surface area (Å²) in [6.45, 7) is 3.41. The van der Waals surface area contributed by atoms with Gasteiger partial charge in [-0.3, -0.25) is 9.59 Å². The van der Waals surface area contributed by atoms with Gasteiger partial charge in [-0.15, -0.1) is 0 Å². The molecule has 0 rings (SSSR count). The molecule has 6 heteroatoms. The van der Waals surface area contributed by atoms with Crippen LogP contribution in [0.2, 0.25) is 0 Å². The number of rotatable bonds is 8. The first-order chi connectivity index (χ1) is 7.99. The zero-order valence-corrected chi connectivity index (χ0v) is 10.2. The van der Waals surface area contributed by atoms with E-state index in [4.69, 9.17) is 14.9 Å². The van der Waals surface area contributed by atoms with Crippen molar-refractivity contribution in [3.63, 3.8) is 0 Å². The molecule has 0 aliphatic rings. The lowest BCUT2D eigenvalue weighted by Gasteiger charge is -2.13. The molecule has 0 bridgehead atoms. The Labute approximate surface area is 101 Å². The van der Waals surface area contributed by atoms with Gasteiger partial charge in [0.15, 0.2) is 0 Å². The molecule has 6 nitrogen and oxygen atoms in total. The molecule has 0 saturated heterocycles. The Morgan fingerprint density at radius 2 is 1.76 bits per heavy atom. The Morgan fingerprint density at radius 1 is 1.18 bits per heavy atom. The summed E-state index contributed by atoms with van der Waals surface area (Å²) in [5.41, 5.74) is 0. The molecule has 2 atom stereocenters. The standard InChI is InChI=1S/C11H20O6/c1-3-4-8(2)16-10(14)7-11(15)17-9(13)5-6-12/h8-9,12-13H,3-7H2,1-2H3. The van der Waals surface area contributed by atoms with Crippen LogP contribution < -0.4 is 0 Å². The minimum absolute atomic E-state index is 0.0764. The number of carbonyl (C=O) groups is 2. The van der Waals surface area contributed by atoms with E-state index in [0.717, 1.165) is 12.8 Å². The van der Waals surface area contributed by atoms with Gasteiger partial charge in [-0.05, 0) is 13.3 Å². The highest BCUT2D eigenvalue weighted by molar-refractivity contribution is 5.91. The number of hydrogen-bond donors (Lipinski definition) is 2. The molecular formula is C11H20O6. The van der Waals surface area contributed by atoms with Crippen molar-refractivity contribution < 1.29 is 29.3 Å². The predicted octanol–water partition coefficient (Wildman–Crippen LogP) is 0.352. The third kappa shape index (κ3) is 8.65. The molecule has 0 aromatic heterocycles. The van der Waals surface area contributed by atoms with Gasteiger partial charge >= 0.3 is 11.9 Å². The van der Waals surface area contributed by atoms with Crippen LogP contribution in [0.25, 0.3) is 0 Å². The molecule has 0 amide bonds. The Bertz CT molecular complexity index is 216. The van der Waals surface area contributed by atoms with Gasteiger partial charge in [0.05, 0.1) is 6.10 Å². The second-order valence-electron chi connectivity index (χ2n) is 3.72. The largest absolute Gasteiger partial charge is 0.462 e. The second kappa shape index (κ2) is 8.95. The molecule has 0 fully saturated rings. The van der Waals surface area contributed by atoms with Crippen molar-refractivity contribution in [1.29, 1.82) is 0 Å². The van der Waals surface area contributed by atoms with E-state index in [1.165, 1.54) is 0 Å². The number of carbonyl (C=O) groups excluding carboxylic acids is 2. The van der Waals surface area contributed by atoms with Crippen LogP contribution in [0.5, 0.6) is 0 Å². The summed E-state index contributed by atoms with van der Waals surface area (Å²) in [5, 5.41) is 17.5. The van der Waals surface area contributed by atoms with Crippen molar-refractivity contribution in [2.45, 2.75) is 51.9 Å². The van der Waals surface area contributed by atoms with E-state index in [2.05, 4.69) is 4.74 Å². The zero-order valence-electron chi connectivity index (χ0n) is 10.2. The summed E-state index contributed by atoms with van der Waals surface area (Å²) < 4.78 is 9.39. The molecular weight excluding hydrogens is 228 g/mol. The van der Waals surface area contributed by atoms with Gasteiger partial charge in [0.2, 0.25) is 6.29 Å². The van der Waals surface area contributed by atoms with Gasteiger partial charge in [0.25, 0.3) is 0 Å². The van der Waals surface area contributed by atoms with Crippen LogP contribution >= 0.6 is 0 Å². The van der Waals surface area contributed by atoms with E-state index >= 15 is 0 Å². The Balaban J connectivity index is 3.83. The number of esters is 2. The van der Waals surface area contributed by atoms with E-state index in [0.29, 0.717) is 0 Å². The zero-order chi connectivity index (χ0) is 13.3. The lowest BCUT2D eigenvalue weighted by Crippen LogP contribution is -2.23. The lowest BCUT2D eigenvalue weighted by atomic mass is 10.2. The van der Waals surface area contributed by atoms with E-state index in [-0.39, 0.29) is 19.1 Å². The maximum absolute atomic E-state index is 11.2. The van der Waals surface area contributed by atoms with E-state index in [1.54, 1.807) is 6.92 Å². The summed E-state index contributed by atoms with van der Waals surface area (Å²) in [6, 6.07) is 0. The molecule has 0 aromatic carbocycles. The van der Waals surface area contributed by atoms with Crippen molar-refractivity contribution in [2.24, 2.45) is 0 Å². The van der Waals surface area contributed by atoms with Gasteiger partial charge in [0.1, 0.15) is 6.42 Å². The number of aliphatic hydroxyl groups excluding tert-OH is 2. The minimum atomic E-state index is -1.38. The first-order valence-corrected chi connectivity index (χ1v) is 5.67. The molecule has 0 aliphatic heterocycles. The maximum Gasteiger partial charge on any atom is 0.319 e. The number of hydrogen-bond acceptors (Lipinski definition) is 6. The molecule has 0 aliphatic carbocycles. The predicted molar refractivity (Wildman–Crippen MR) is 58.9 cm³/mol. The quantitative estimate of drug-likeness (QED) is 0.366. The van der Waals surface area contributed by atoms with Crippen molar-refractivity contribution in [3.05, 3.63) is 0 Å². The van der Waals surface area contributed by atoms with E-state index in [9.17, 15) is 9.59 Å². The van der Waals surface area contributed by atoms with Crippen LogP contribution in [-0.2, 0) is 19.1 Å². The first kappa shape index (κ1) is 15.9. The lowest BCUT2D eigenvalue weighted by molar-refractivity contribution is -0.174. The minimum Gasteiger partial charge on any atom is -0.462 e. The van der Waals surface area contributed by atoms with Crippen LogP contribution in [0.1, 0.15) is 39.5 Å². The van der Waals surface area contributed by atoms with Gasteiger partial charge < -0.3 is 19.7 Å². The number of aliphatic hydroxyl groups is 2. The average Bonchev–Trinajstić information content (AvgIpc) is 2.16. The maximum atomic E-state index is 11.2. The van der Waals surface area contributed by atoms with E-state index in [1.807, 2.05) is 6.92 Å². The summed E-state index contributed by atoms with van der Waals surface area (Å²) in [4.78, 5) is 22.3. The molecule has 100 valence electrons. The van der Waals surface area contributed by atoms with Gasteiger partial charge in [-0.2, -0.15) is 0 Å². The Hall–Kier alpha value is -1.14. The normalized spacial score (nSPS) is 13.9. The van der Waals surface area contributed by atoms with Crippen molar-refractivity contribution >= 4 is 11.9 Å². The third-order valence-corrected chi connectivity index (χ3v) is 1.96. The summed E-state index contributed by atoms with van der Waals surface area (Å²) in [5.74, 6) is -1.54. The summed E-state index contributed by atoms with van der Waals surface area (Å²) in [7, 11) is 0. The second-order valence-corrected chi connectivity index (χ2v) is 3.72. The summed E-state index contributed by atoms with van der Waals surface area (Å²) >= 11 is 0. The van der Waals surface area contributed by atoms with Crippen molar-refractivity contribution in [1.82, 2.24) is 0 Å². The Morgan fingerprint density at radius 3 is 2.29 bits per heavy atom. The van der Waals surface area contributed by atoms with Crippen LogP contribution in [0.3, 0.4) is 0 Å². The van der Waals surface area contributed by atoms with Crippen LogP contribution in [-0.4, -0.2) is 41.2 Å². The molecule has 17 heavy (non-hydrogen) atoms. The van der Waals surface area contributed by atoms with Gasteiger partial charge in [0, 0.05) is 13.0 Å². The van der Waals surface area contributed by atoms with Crippen LogP contribution in [0.4, 0.5) is 0 Å². The van der Waals surface area contributed by atoms with E-state index < -0.39 is 24.6 Å². The highest BCUT2D eigenvalue weighted by Gasteiger charge is 2.17. The van der Waals surface area contributed by atoms with Crippen molar-refractivity contribution in [3.8, 4) is 0 Å². The van der Waals surface area contributed by atoms with Crippen LogP contribution in [0.15, 0.2) is 0 Å². The Kier molecular flexibility index (Phi) is 8.35. The van der Waals surface area contributed by atoms with Gasteiger partial charge in [-0.25, -0.2) is 0 Å². The fraction of sp³-hybridized carbons (Fsp3) is 0.818. The van der Waals surface area contributed by atoms with Crippen LogP contribution in [0, 0.1) is 0 Å². The monoisotopic (exact) mass is 248 g/mol. The highest BCUT2D eigenvalue weighted by atomic mass is 16.6. The van der Waals surface area contributed by atoms with Gasteiger partial charge in [-0.1, -0.05) is 13.3 Å². The first-order valence-electron chi connectivity index (χ1n) is 5.67.